The van der Waals surface area contributed by atoms with E-state index in [9.17, 15) is 8.42 Å². The van der Waals surface area contributed by atoms with Crippen molar-refractivity contribution in [3.05, 3.63) is 29.3 Å². The van der Waals surface area contributed by atoms with Crippen LogP contribution in [0.5, 0.6) is 0 Å². The van der Waals surface area contributed by atoms with Crippen LogP contribution in [0.2, 0.25) is 0 Å². The monoisotopic (exact) mass is 324 g/mol. The van der Waals surface area contributed by atoms with Gasteiger partial charge in [0.15, 0.2) is 15.8 Å². The highest BCUT2D eigenvalue weighted by Gasteiger charge is 2.20. The largest absolute Gasteiger partial charge is 0.370 e. The van der Waals surface area contributed by atoms with Crippen molar-refractivity contribution in [2.75, 3.05) is 43.0 Å². The van der Waals surface area contributed by atoms with Gasteiger partial charge in [0.2, 0.25) is 0 Å². The van der Waals surface area contributed by atoms with Gasteiger partial charge in [-0.1, -0.05) is 6.07 Å². The molecular weight excluding hydrogens is 300 g/mol. The summed E-state index contributed by atoms with van der Waals surface area (Å²) in [5, 5.41) is 3.07. The quantitative estimate of drug-likeness (QED) is 0.631. The van der Waals surface area contributed by atoms with E-state index in [1.165, 1.54) is 11.1 Å². The maximum atomic E-state index is 11.3. The Morgan fingerprint density at radius 2 is 1.95 bits per heavy atom. The number of rotatable bonds is 4. The molecule has 1 aliphatic heterocycles. The molecule has 0 bridgehead atoms. The van der Waals surface area contributed by atoms with Crippen molar-refractivity contribution >= 4 is 21.5 Å². The number of benzene rings is 1. The predicted octanol–water partition coefficient (Wildman–Crippen LogP) is 0.760. The maximum absolute atomic E-state index is 11.3. The first kappa shape index (κ1) is 16.8. The van der Waals surface area contributed by atoms with E-state index < -0.39 is 9.84 Å². The molecule has 0 radical (unpaired) electrons. The molecule has 1 aromatic carbocycles. The molecule has 22 heavy (non-hydrogen) atoms. The fraction of sp³-hybridized carbons (Fsp3) is 0.533. The van der Waals surface area contributed by atoms with E-state index in [1.54, 1.807) is 0 Å². The molecule has 122 valence electrons. The summed E-state index contributed by atoms with van der Waals surface area (Å²) in [6.07, 6.45) is 0. The molecule has 0 unspecified atom stereocenters. The Hall–Kier alpha value is -1.60. The van der Waals surface area contributed by atoms with Gasteiger partial charge in [0, 0.05) is 25.3 Å². The zero-order chi connectivity index (χ0) is 16.2. The molecule has 0 amide bonds. The molecule has 6 nitrogen and oxygen atoms in total. The molecule has 1 aromatic rings. The van der Waals surface area contributed by atoms with Crippen LogP contribution < -0.4 is 11.1 Å². The summed E-state index contributed by atoms with van der Waals surface area (Å²) in [5.74, 6) is 0.869. The van der Waals surface area contributed by atoms with Crippen molar-refractivity contribution < 1.29 is 8.42 Å². The second-order valence-corrected chi connectivity index (χ2v) is 7.99. The smallest absolute Gasteiger partial charge is 0.193 e. The van der Waals surface area contributed by atoms with Crippen LogP contribution in [-0.2, 0) is 9.84 Å². The van der Waals surface area contributed by atoms with Crippen molar-refractivity contribution in [3.8, 4) is 0 Å². The SMILES string of the molecule is Cc1ccc(NC(N)=NCCN2CCS(=O)(=O)CC2)cc1C. The summed E-state index contributed by atoms with van der Waals surface area (Å²) >= 11 is 0. The van der Waals surface area contributed by atoms with Gasteiger partial charge < -0.3 is 11.1 Å². The van der Waals surface area contributed by atoms with Crippen molar-refractivity contribution in [2.45, 2.75) is 13.8 Å². The van der Waals surface area contributed by atoms with E-state index in [2.05, 4.69) is 29.1 Å². The first-order valence-corrected chi connectivity index (χ1v) is 9.25. The predicted molar refractivity (Wildman–Crippen MR) is 91.1 cm³/mol. The van der Waals surface area contributed by atoms with Crippen LogP contribution in [0, 0.1) is 13.8 Å². The van der Waals surface area contributed by atoms with E-state index in [0.717, 1.165) is 12.2 Å². The zero-order valence-corrected chi connectivity index (χ0v) is 14.0. The Kier molecular flexibility index (Phi) is 5.42. The van der Waals surface area contributed by atoms with Crippen molar-refractivity contribution in [1.82, 2.24) is 4.90 Å². The average Bonchev–Trinajstić information content (AvgIpc) is 2.45. The molecule has 1 saturated heterocycles. The Labute approximate surface area is 132 Å². The molecule has 0 saturated carbocycles. The van der Waals surface area contributed by atoms with Gasteiger partial charge in [-0.25, -0.2) is 8.42 Å². The van der Waals surface area contributed by atoms with Gasteiger partial charge in [-0.3, -0.25) is 9.89 Å². The van der Waals surface area contributed by atoms with E-state index in [4.69, 9.17) is 5.73 Å². The van der Waals surface area contributed by atoms with Gasteiger partial charge >= 0.3 is 0 Å². The van der Waals surface area contributed by atoms with Gasteiger partial charge in [0.1, 0.15) is 0 Å². The first-order chi connectivity index (χ1) is 10.4. The first-order valence-electron chi connectivity index (χ1n) is 7.43. The van der Waals surface area contributed by atoms with Crippen molar-refractivity contribution in [3.63, 3.8) is 0 Å². The number of hydrogen-bond donors (Lipinski definition) is 2. The summed E-state index contributed by atoms with van der Waals surface area (Å²) < 4.78 is 22.7. The van der Waals surface area contributed by atoms with Gasteiger partial charge in [-0.2, -0.15) is 0 Å². The highest BCUT2D eigenvalue weighted by Crippen LogP contribution is 2.13. The zero-order valence-electron chi connectivity index (χ0n) is 13.2. The number of aliphatic imine (C=N–C) groups is 1. The lowest BCUT2D eigenvalue weighted by Gasteiger charge is -2.25. The molecule has 1 heterocycles. The summed E-state index contributed by atoms with van der Waals surface area (Å²) in [4.78, 5) is 6.40. The van der Waals surface area contributed by atoms with E-state index in [-0.39, 0.29) is 11.5 Å². The summed E-state index contributed by atoms with van der Waals surface area (Å²) in [7, 11) is -2.82. The van der Waals surface area contributed by atoms with Crippen molar-refractivity contribution in [2.24, 2.45) is 10.7 Å². The minimum atomic E-state index is -2.82. The molecule has 1 fully saturated rings. The molecule has 7 heteroatoms. The molecule has 2 rings (SSSR count). The van der Waals surface area contributed by atoms with Crippen LogP contribution >= 0.6 is 0 Å². The third kappa shape index (κ3) is 4.99. The summed E-state index contributed by atoms with van der Waals surface area (Å²) in [6.45, 7) is 6.58. The molecule has 3 N–H and O–H groups in total. The summed E-state index contributed by atoms with van der Waals surface area (Å²) in [5.41, 5.74) is 9.24. The van der Waals surface area contributed by atoms with Crippen molar-refractivity contribution in [1.29, 1.82) is 0 Å². The van der Waals surface area contributed by atoms with Gasteiger partial charge in [0.25, 0.3) is 0 Å². The molecule has 0 aromatic heterocycles. The van der Waals surface area contributed by atoms with Gasteiger partial charge in [-0.15, -0.1) is 0 Å². The minimum Gasteiger partial charge on any atom is -0.370 e. The minimum absolute atomic E-state index is 0.243. The van der Waals surface area contributed by atoms with E-state index in [0.29, 0.717) is 25.6 Å². The highest BCUT2D eigenvalue weighted by atomic mass is 32.2. The molecule has 0 spiro atoms. The number of sulfone groups is 1. The van der Waals surface area contributed by atoms with Gasteiger partial charge in [0.05, 0.1) is 18.1 Å². The van der Waals surface area contributed by atoms with E-state index in [1.807, 2.05) is 18.2 Å². The number of anilines is 1. The van der Waals surface area contributed by atoms with Crippen LogP contribution in [0.25, 0.3) is 0 Å². The Morgan fingerprint density at radius 3 is 2.59 bits per heavy atom. The lowest BCUT2D eigenvalue weighted by atomic mass is 10.1. The summed E-state index contributed by atoms with van der Waals surface area (Å²) in [6, 6.07) is 6.05. The number of aryl methyl sites for hydroxylation is 2. The molecule has 1 aliphatic rings. The Balaban J connectivity index is 1.79. The second-order valence-electron chi connectivity index (χ2n) is 5.68. The third-order valence-electron chi connectivity index (χ3n) is 3.91. The lowest BCUT2D eigenvalue weighted by Crippen LogP contribution is -2.41. The molecule has 0 atom stereocenters. The second kappa shape index (κ2) is 7.11. The van der Waals surface area contributed by atoms with Gasteiger partial charge in [-0.05, 0) is 37.1 Å². The van der Waals surface area contributed by atoms with Crippen LogP contribution in [0.1, 0.15) is 11.1 Å². The third-order valence-corrected chi connectivity index (χ3v) is 5.52. The number of nitrogens with zero attached hydrogens (tertiary/aromatic N) is 2. The normalized spacial score (nSPS) is 19.1. The van der Waals surface area contributed by atoms with Crippen LogP contribution in [-0.4, -0.2) is 57.0 Å². The lowest BCUT2D eigenvalue weighted by molar-refractivity contribution is 0.304. The van der Waals surface area contributed by atoms with Crippen LogP contribution in [0.4, 0.5) is 5.69 Å². The molecular formula is C15H24N4O2S. The number of hydrogen-bond acceptors (Lipinski definition) is 4. The molecule has 0 aliphatic carbocycles. The average molecular weight is 324 g/mol. The number of nitrogens with one attached hydrogen (secondary N) is 1. The Morgan fingerprint density at radius 1 is 1.27 bits per heavy atom. The topological polar surface area (TPSA) is 87.8 Å². The highest BCUT2D eigenvalue weighted by molar-refractivity contribution is 7.91. The Bertz CT molecular complexity index is 642. The fourth-order valence-electron chi connectivity index (χ4n) is 2.29. The number of guanidine groups is 1. The van der Waals surface area contributed by atoms with Crippen LogP contribution in [0.15, 0.2) is 23.2 Å². The van der Waals surface area contributed by atoms with E-state index >= 15 is 0 Å². The standard InChI is InChI=1S/C15H24N4O2S/c1-12-3-4-14(11-13(12)2)18-15(16)17-5-6-19-7-9-22(20,21)10-8-19/h3-4,11H,5-10H2,1-2H3,(H3,16,17,18). The maximum Gasteiger partial charge on any atom is 0.193 e. The number of nitrogens with two attached hydrogens (primary N) is 1. The fourth-order valence-corrected chi connectivity index (χ4v) is 3.57. The van der Waals surface area contributed by atoms with Crippen LogP contribution in [0.3, 0.4) is 0 Å².